The number of nitrogens with zero attached hydrogens (tertiary/aromatic N) is 1. The first-order valence-electron chi connectivity index (χ1n) is 11.2. The minimum Gasteiger partial charge on any atom is -0.394 e. The number of sulfonamides is 1. The van der Waals surface area contributed by atoms with E-state index < -0.39 is 52.4 Å². The summed E-state index contributed by atoms with van der Waals surface area (Å²) in [6, 6.07) is 15.3. The summed E-state index contributed by atoms with van der Waals surface area (Å²) in [4.78, 5) is 29.6. The first-order chi connectivity index (χ1) is 17.5. The van der Waals surface area contributed by atoms with Gasteiger partial charge < -0.3 is 20.8 Å². The number of aliphatic hydroxyl groups is 2. The Morgan fingerprint density at radius 3 is 2.22 bits per heavy atom. The molecule has 0 saturated carbocycles. The number of hydrogen-bond donors (Lipinski definition) is 5. The van der Waals surface area contributed by atoms with E-state index in [0.29, 0.717) is 0 Å². The highest BCUT2D eigenvalue weighted by Gasteiger charge is 2.30. The van der Waals surface area contributed by atoms with E-state index in [-0.39, 0.29) is 22.7 Å². The third-order valence-electron chi connectivity index (χ3n) is 5.37. The van der Waals surface area contributed by atoms with Gasteiger partial charge in [0, 0.05) is 12.0 Å². The fraction of sp³-hybridized carbons (Fsp3) is 0.240. The molecular weight excluding hydrogens is 503 g/mol. The lowest BCUT2D eigenvalue weighted by molar-refractivity contribution is -0.118. The SMILES string of the molecule is CC(CO)(CO)NS(=O)(=O)c1ccc(NC(=O)[C@H](Cc2ccccc2)NC(=O)c2ccc(F)cc2)cn1. The summed E-state index contributed by atoms with van der Waals surface area (Å²) in [5.41, 5.74) is -0.358. The number of benzene rings is 2. The lowest BCUT2D eigenvalue weighted by Gasteiger charge is -2.25. The second kappa shape index (κ2) is 12.0. The van der Waals surface area contributed by atoms with Crippen LogP contribution >= 0.6 is 0 Å². The Balaban J connectivity index is 1.76. The zero-order chi connectivity index (χ0) is 27.1. The van der Waals surface area contributed by atoms with E-state index in [2.05, 4.69) is 20.3 Å². The van der Waals surface area contributed by atoms with Crippen LogP contribution in [0.2, 0.25) is 0 Å². The number of aliphatic hydroxyl groups excluding tert-OH is 2. The van der Waals surface area contributed by atoms with Crippen LogP contribution in [-0.4, -0.2) is 60.2 Å². The highest BCUT2D eigenvalue weighted by Crippen LogP contribution is 2.15. The standard InChI is InChI=1S/C25H27FN4O6S/c1-25(15-31,16-32)30-37(35,36)22-12-11-20(14-27-22)28-24(34)21(13-17-5-3-2-4-6-17)29-23(33)18-7-9-19(26)10-8-18/h2-12,14,21,30-32H,13,15-16H2,1H3,(H,28,34)(H,29,33)/t21-/m0/s1. The van der Waals surface area contributed by atoms with E-state index in [1.165, 1.54) is 25.1 Å². The van der Waals surface area contributed by atoms with E-state index in [4.69, 9.17) is 0 Å². The first-order valence-corrected chi connectivity index (χ1v) is 12.7. The van der Waals surface area contributed by atoms with Crippen molar-refractivity contribution in [3.63, 3.8) is 0 Å². The van der Waals surface area contributed by atoms with Gasteiger partial charge in [0.1, 0.15) is 11.9 Å². The molecule has 0 saturated heterocycles. The molecule has 2 amide bonds. The van der Waals surface area contributed by atoms with Crippen LogP contribution in [0.1, 0.15) is 22.8 Å². The minimum atomic E-state index is -4.17. The van der Waals surface area contributed by atoms with E-state index in [0.717, 1.165) is 30.0 Å². The average Bonchev–Trinajstić information content (AvgIpc) is 2.89. The second-order valence-corrected chi connectivity index (χ2v) is 10.2. The van der Waals surface area contributed by atoms with Gasteiger partial charge in [-0.2, -0.15) is 4.72 Å². The number of amides is 2. The maximum Gasteiger partial charge on any atom is 0.258 e. The van der Waals surface area contributed by atoms with Gasteiger partial charge in [0.05, 0.1) is 30.6 Å². The summed E-state index contributed by atoms with van der Waals surface area (Å²) in [7, 11) is -4.17. The third-order valence-corrected chi connectivity index (χ3v) is 6.92. The Hall–Kier alpha value is -3.71. The third kappa shape index (κ3) is 7.64. The predicted octanol–water partition coefficient (Wildman–Crippen LogP) is 1.22. The van der Waals surface area contributed by atoms with E-state index in [9.17, 15) is 32.6 Å². The van der Waals surface area contributed by atoms with Crippen molar-refractivity contribution in [1.82, 2.24) is 15.0 Å². The van der Waals surface area contributed by atoms with Gasteiger partial charge in [0.25, 0.3) is 15.9 Å². The smallest absolute Gasteiger partial charge is 0.258 e. The van der Waals surface area contributed by atoms with Crippen molar-refractivity contribution in [2.75, 3.05) is 18.5 Å². The highest BCUT2D eigenvalue weighted by atomic mass is 32.2. The van der Waals surface area contributed by atoms with E-state index >= 15 is 0 Å². The maximum absolute atomic E-state index is 13.2. The Bertz CT molecular complexity index is 1320. The van der Waals surface area contributed by atoms with Crippen LogP contribution in [0.15, 0.2) is 78.0 Å². The minimum absolute atomic E-state index is 0.157. The van der Waals surface area contributed by atoms with Crippen LogP contribution in [0.3, 0.4) is 0 Å². The van der Waals surface area contributed by atoms with Crippen LogP contribution in [0.5, 0.6) is 0 Å². The quantitative estimate of drug-likeness (QED) is 0.249. The molecule has 1 atom stereocenters. The summed E-state index contributed by atoms with van der Waals surface area (Å²) in [5.74, 6) is -1.65. The lowest BCUT2D eigenvalue weighted by Crippen LogP contribution is -2.51. The Morgan fingerprint density at radius 2 is 1.65 bits per heavy atom. The maximum atomic E-state index is 13.2. The Labute approximate surface area is 213 Å². The van der Waals surface area contributed by atoms with Crippen molar-refractivity contribution >= 4 is 27.5 Å². The summed E-state index contributed by atoms with van der Waals surface area (Å²) < 4.78 is 40.5. The molecule has 1 heterocycles. The van der Waals surface area contributed by atoms with Crippen LogP contribution in [0, 0.1) is 5.82 Å². The molecule has 37 heavy (non-hydrogen) atoms. The number of carbonyl (C=O) groups excluding carboxylic acids is 2. The van der Waals surface area contributed by atoms with Gasteiger partial charge in [-0.1, -0.05) is 30.3 Å². The molecule has 196 valence electrons. The van der Waals surface area contributed by atoms with Crippen LogP contribution in [0.25, 0.3) is 0 Å². The molecule has 2 aromatic carbocycles. The number of anilines is 1. The molecule has 10 nitrogen and oxygen atoms in total. The molecule has 3 aromatic rings. The predicted molar refractivity (Wildman–Crippen MR) is 134 cm³/mol. The normalized spacial score (nSPS) is 12.5. The number of halogens is 1. The fourth-order valence-electron chi connectivity index (χ4n) is 3.24. The van der Waals surface area contributed by atoms with Crippen molar-refractivity contribution in [1.29, 1.82) is 0 Å². The van der Waals surface area contributed by atoms with Crippen molar-refractivity contribution in [2.24, 2.45) is 0 Å². The number of hydrogen-bond acceptors (Lipinski definition) is 7. The molecule has 0 radical (unpaired) electrons. The van der Waals surface area contributed by atoms with Crippen LogP contribution < -0.4 is 15.4 Å². The number of rotatable bonds is 11. The van der Waals surface area contributed by atoms with E-state index in [1.54, 1.807) is 24.3 Å². The molecular formula is C25H27FN4O6S. The van der Waals surface area contributed by atoms with Gasteiger partial charge in [-0.3, -0.25) is 9.59 Å². The Morgan fingerprint density at radius 1 is 1.00 bits per heavy atom. The molecule has 12 heteroatoms. The molecule has 0 aliphatic heterocycles. The first kappa shape index (κ1) is 27.9. The number of pyridine rings is 1. The molecule has 0 aliphatic rings. The average molecular weight is 531 g/mol. The van der Waals surface area contributed by atoms with Gasteiger partial charge in [-0.25, -0.2) is 17.8 Å². The summed E-state index contributed by atoms with van der Waals surface area (Å²) in [5, 5.41) is 23.6. The second-order valence-electron chi connectivity index (χ2n) is 8.58. The number of nitrogens with one attached hydrogen (secondary N) is 3. The molecule has 0 unspecified atom stereocenters. The van der Waals surface area contributed by atoms with Gasteiger partial charge >= 0.3 is 0 Å². The Kier molecular flexibility index (Phi) is 9.05. The fourth-order valence-corrected chi connectivity index (χ4v) is 4.56. The van der Waals surface area contributed by atoms with Gasteiger partial charge in [-0.05, 0) is 48.9 Å². The van der Waals surface area contributed by atoms with E-state index in [1.807, 2.05) is 6.07 Å². The largest absolute Gasteiger partial charge is 0.394 e. The zero-order valence-electron chi connectivity index (χ0n) is 19.9. The molecule has 5 N–H and O–H groups in total. The van der Waals surface area contributed by atoms with Gasteiger partial charge in [-0.15, -0.1) is 0 Å². The van der Waals surface area contributed by atoms with Crippen LogP contribution in [-0.2, 0) is 21.2 Å². The lowest BCUT2D eigenvalue weighted by atomic mass is 10.0. The van der Waals surface area contributed by atoms with Crippen molar-refractivity contribution in [3.8, 4) is 0 Å². The number of aromatic nitrogens is 1. The monoisotopic (exact) mass is 530 g/mol. The molecule has 0 spiro atoms. The summed E-state index contributed by atoms with van der Waals surface area (Å²) in [6.07, 6.45) is 1.29. The zero-order valence-corrected chi connectivity index (χ0v) is 20.7. The van der Waals surface area contributed by atoms with Crippen molar-refractivity contribution in [3.05, 3.63) is 89.9 Å². The molecule has 0 fully saturated rings. The van der Waals surface area contributed by atoms with Gasteiger partial charge in [0.2, 0.25) is 5.91 Å². The molecule has 0 aliphatic carbocycles. The topological polar surface area (TPSA) is 158 Å². The highest BCUT2D eigenvalue weighted by molar-refractivity contribution is 7.89. The molecule has 1 aromatic heterocycles. The molecule has 0 bridgehead atoms. The number of carbonyl (C=O) groups is 2. The summed E-state index contributed by atoms with van der Waals surface area (Å²) in [6.45, 7) is 0.0544. The van der Waals surface area contributed by atoms with Crippen molar-refractivity contribution < 1.29 is 32.6 Å². The summed E-state index contributed by atoms with van der Waals surface area (Å²) >= 11 is 0. The molecule has 3 rings (SSSR count). The van der Waals surface area contributed by atoms with Crippen molar-refractivity contribution in [2.45, 2.75) is 30.0 Å². The van der Waals surface area contributed by atoms with Gasteiger partial charge in [0.15, 0.2) is 5.03 Å². The van der Waals surface area contributed by atoms with Crippen LogP contribution in [0.4, 0.5) is 10.1 Å².